The molecule has 0 saturated heterocycles. The van der Waals surface area contributed by atoms with Crippen LogP contribution in [-0.4, -0.2) is 14.4 Å². The predicted octanol–water partition coefficient (Wildman–Crippen LogP) is 4.97. The number of rotatable bonds is 2. The van der Waals surface area contributed by atoms with Gasteiger partial charge in [-0.05, 0) is 54.4 Å². The standard InChI is InChI=1S/C20H15F3N4/c1-12-8-13(4-6-25-12)14-5-7-27-18(11-26-19(27)10-14)15-2-3-17(24)16(9-15)20(21,22)23/h2-11H,24H2,1H3. The first-order valence-electron chi connectivity index (χ1n) is 8.20. The summed E-state index contributed by atoms with van der Waals surface area (Å²) >= 11 is 0. The van der Waals surface area contributed by atoms with E-state index in [0.29, 0.717) is 16.9 Å². The number of halogens is 3. The highest BCUT2D eigenvalue weighted by Gasteiger charge is 2.33. The van der Waals surface area contributed by atoms with Gasteiger partial charge < -0.3 is 5.73 Å². The molecule has 0 radical (unpaired) electrons. The Kier molecular flexibility index (Phi) is 3.87. The third-order valence-electron chi connectivity index (χ3n) is 4.40. The van der Waals surface area contributed by atoms with E-state index in [4.69, 9.17) is 5.73 Å². The van der Waals surface area contributed by atoms with Gasteiger partial charge in [-0.3, -0.25) is 9.38 Å². The van der Waals surface area contributed by atoms with E-state index in [-0.39, 0.29) is 5.69 Å². The van der Waals surface area contributed by atoms with Gasteiger partial charge in [0.1, 0.15) is 5.65 Å². The Morgan fingerprint density at radius 1 is 0.926 bits per heavy atom. The van der Waals surface area contributed by atoms with Gasteiger partial charge in [-0.1, -0.05) is 6.07 Å². The van der Waals surface area contributed by atoms with Crippen molar-refractivity contribution < 1.29 is 13.2 Å². The summed E-state index contributed by atoms with van der Waals surface area (Å²) in [5.41, 5.74) is 8.81. The molecule has 0 atom stereocenters. The minimum atomic E-state index is -4.51. The predicted molar refractivity (Wildman–Crippen MR) is 98.0 cm³/mol. The minimum Gasteiger partial charge on any atom is -0.398 e. The fourth-order valence-electron chi connectivity index (χ4n) is 3.06. The molecule has 1 aromatic carbocycles. The quantitative estimate of drug-likeness (QED) is 0.508. The van der Waals surface area contributed by atoms with Crippen LogP contribution in [0.25, 0.3) is 28.0 Å². The largest absolute Gasteiger partial charge is 0.418 e. The normalized spacial score (nSPS) is 11.9. The number of anilines is 1. The summed E-state index contributed by atoms with van der Waals surface area (Å²) in [6.07, 6.45) is 0.584. The molecule has 4 nitrogen and oxygen atoms in total. The SMILES string of the molecule is Cc1cc(-c2ccn3c(-c4ccc(N)c(C(F)(F)F)c4)cnc3c2)ccn1. The van der Waals surface area contributed by atoms with Gasteiger partial charge in [-0.15, -0.1) is 0 Å². The molecule has 0 fully saturated rings. The molecule has 0 aliphatic heterocycles. The van der Waals surface area contributed by atoms with Crippen LogP contribution in [0.5, 0.6) is 0 Å². The highest BCUT2D eigenvalue weighted by Crippen LogP contribution is 2.36. The molecule has 3 aromatic heterocycles. The van der Waals surface area contributed by atoms with E-state index in [9.17, 15) is 13.2 Å². The van der Waals surface area contributed by atoms with Crippen molar-refractivity contribution in [2.24, 2.45) is 0 Å². The van der Waals surface area contributed by atoms with Crippen LogP contribution in [0.4, 0.5) is 18.9 Å². The van der Waals surface area contributed by atoms with E-state index in [1.165, 1.54) is 6.07 Å². The molecular weight excluding hydrogens is 353 g/mol. The monoisotopic (exact) mass is 368 g/mol. The van der Waals surface area contributed by atoms with Crippen LogP contribution in [0, 0.1) is 6.92 Å². The third kappa shape index (κ3) is 3.12. The molecule has 0 aliphatic rings. The molecule has 136 valence electrons. The Hall–Kier alpha value is -3.35. The zero-order chi connectivity index (χ0) is 19.2. The molecule has 0 aliphatic carbocycles. The summed E-state index contributed by atoms with van der Waals surface area (Å²) in [6, 6.07) is 11.5. The average molecular weight is 368 g/mol. The first-order valence-corrected chi connectivity index (χ1v) is 8.20. The van der Waals surface area contributed by atoms with Crippen molar-refractivity contribution in [3.8, 4) is 22.4 Å². The molecule has 7 heteroatoms. The number of nitrogens with zero attached hydrogens (tertiary/aromatic N) is 3. The third-order valence-corrected chi connectivity index (χ3v) is 4.40. The van der Waals surface area contributed by atoms with Crippen molar-refractivity contribution in [3.63, 3.8) is 0 Å². The van der Waals surface area contributed by atoms with Gasteiger partial charge in [0.15, 0.2) is 0 Å². The lowest BCUT2D eigenvalue weighted by Crippen LogP contribution is -2.09. The van der Waals surface area contributed by atoms with Crippen LogP contribution in [0.1, 0.15) is 11.3 Å². The van der Waals surface area contributed by atoms with Crippen LogP contribution in [0.15, 0.2) is 61.1 Å². The molecule has 3 heterocycles. The number of nitrogens with two attached hydrogens (primary N) is 1. The second kappa shape index (κ2) is 6.12. The van der Waals surface area contributed by atoms with Crippen molar-refractivity contribution in [3.05, 3.63) is 72.3 Å². The maximum Gasteiger partial charge on any atom is 0.418 e. The second-order valence-corrected chi connectivity index (χ2v) is 6.27. The number of nitrogen functional groups attached to an aromatic ring is 1. The number of hydrogen-bond donors (Lipinski definition) is 1. The molecule has 0 amide bonds. The molecular formula is C20H15F3N4. The van der Waals surface area contributed by atoms with Crippen molar-refractivity contribution in [1.82, 2.24) is 14.4 Å². The lowest BCUT2D eigenvalue weighted by Gasteiger charge is -2.12. The van der Waals surface area contributed by atoms with E-state index in [1.54, 1.807) is 29.1 Å². The molecule has 27 heavy (non-hydrogen) atoms. The maximum absolute atomic E-state index is 13.1. The lowest BCUT2D eigenvalue weighted by atomic mass is 10.1. The Balaban J connectivity index is 1.81. The van der Waals surface area contributed by atoms with Crippen LogP contribution in [0.2, 0.25) is 0 Å². The Bertz CT molecular complexity index is 1150. The molecule has 0 bridgehead atoms. The van der Waals surface area contributed by atoms with Gasteiger partial charge in [0.25, 0.3) is 0 Å². The number of pyridine rings is 2. The van der Waals surface area contributed by atoms with Gasteiger partial charge in [0.05, 0.1) is 17.5 Å². The number of aromatic nitrogens is 3. The molecule has 2 N–H and O–H groups in total. The van der Waals surface area contributed by atoms with Crippen molar-refractivity contribution in [2.45, 2.75) is 13.1 Å². The van der Waals surface area contributed by atoms with Gasteiger partial charge in [0.2, 0.25) is 0 Å². The average Bonchev–Trinajstić information content (AvgIpc) is 3.04. The number of imidazole rings is 1. The molecule has 4 rings (SSSR count). The number of hydrogen-bond acceptors (Lipinski definition) is 3. The maximum atomic E-state index is 13.1. The van der Waals surface area contributed by atoms with Crippen LogP contribution < -0.4 is 5.73 Å². The van der Waals surface area contributed by atoms with Crippen LogP contribution >= 0.6 is 0 Å². The summed E-state index contributed by atoms with van der Waals surface area (Å²) < 4.78 is 41.2. The fourth-order valence-corrected chi connectivity index (χ4v) is 3.06. The number of aryl methyl sites for hydroxylation is 1. The molecule has 4 aromatic rings. The number of benzene rings is 1. The zero-order valence-corrected chi connectivity index (χ0v) is 14.3. The van der Waals surface area contributed by atoms with Crippen molar-refractivity contribution in [2.75, 3.05) is 5.73 Å². The Morgan fingerprint density at radius 3 is 2.44 bits per heavy atom. The first kappa shape index (κ1) is 17.1. The summed E-state index contributed by atoms with van der Waals surface area (Å²) in [6.45, 7) is 1.91. The summed E-state index contributed by atoms with van der Waals surface area (Å²) in [5.74, 6) is 0. The highest BCUT2D eigenvalue weighted by atomic mass is 19.4. The van der Waals surface area contributed by atoms with E-state index in [1.807, 2.05) is 31.2 Å². The first-order chi connectivity index (χ1) is 12.8. The topological polar surface area (TPSA) is 56.2 Å². The smallest absolute Gasteiger partial charge is 0.398 e. The van der Waals surface area contributed by atoms with Gasteiger partial charge in [0, 0.05) is 29.3 Å². The summed E-state index contributed by atoms with van der Waals surface area (Å²) in [7, 11) is 0. The van der Waals surface area contributed by atoms with E-state index < -0.39 is 11.7 Å². The highest BCUT2D eigenvalue weighted by molar-refractivity contribution is 5.72. The molecule has 0 spiro atoms. The number of alkyl halides is 3. The van der Waals surface area contributed by atoms with Crippen LogP contribution in [0.3, 0.4) is 0 Å². The Labute approximate surface area is 153 Å². The lowest BCUT2D eigenvalue weighted by molar-refractivity contribution is -0.136. The summed E-state index contributed by atoms with van der Waals surface area (Å²) in [5, 5.41) is 0. The Morgan fingerprint density at radius 2 is 1.70 bits per heavy atom. The van der Waals surface area contributed by atoms with Gasteiger partial charge in [-0.25, -0.2) is 4.98 Å². The number of fused-ring (bicyclic) bond motifs is 1. The molecule has 0 unspecified atom stereocenters. The van der Waals surface area contributed by atoms with Gasteiger partial charge >= 0.3 is 6.18 Å². The van der Waals surface area contributed by atoms with E-state index in [2.05, 4.69) is 9.97 Å². The summed E-state index contributed by atoms with van der Waals surface area (Å²) in [4.78, 5) is 8.54. The van der Waals surface area contributed by atoms with Crippen LogP contribution in [-0.2, 0) is 6.18 Å². The minimum absolute atomic E-state index is 0.296. The molecule has 0 saturated carbocycles. The van der Waals surface area contributed by atoms with Crippen molar-refractivity contribution in [1.29, 1.82) is 0 Å². The van der Waals surface area contributed by atoms with Gasteiger partial charge in [-0.2, -0.15) is 13.2 Å². The fraction of sp³-hybridized carbons (Fsp3) is 0.100. The zero-order valence-electron chi connectivity index (χ0n) is 14.3. The van der Waals surface area contributed by atoms with E-state index >= 15 is 0 Å². The van der Waals surface area contributed by atoms with Crippen molar-refractivity contribution >= 4 is 11.3 Å². The second-order valence-electron chi connectivity index (χ2n) is 6.27. The van der Waals surface area contributed by atoms with E-state index in [0.717, 1.165) is 22.9 Å².